The van der Waals surface area contributed by atoms with Crippen molar-refractivity contribution in [3.05, 3.63) is 0 Å². The molecular formula is C22H34O6. The van der Waals surface area contributed by atoms with Gasteiger partial charge >= 0.3 is 17.9 Å². The molecule has 2 atom stereocenters. The highest BCUT2D eigenvalue weighted by Crippen LogP contribution is 2.66. The van der Waals surface area contributed by atoms with Gasteiger partial charge in [0.2, 0.25) is 0 Å². The standard InChI is InChI=1S/C22H34O6/c1-6-19(2,3)18(26)28-22-11-14-7-15(12-22)10-21(9-14,13-22)20(4,5)27-17(25)8-16(23)24/h14-15H,6-13H2,1-5H3,(H,23,24). The summed E-state index contributed by atoms with van der Waals surface area (Å²) < 4.78 is 11.9. The summed E-state index contributed by atoms with van der Waals surface area (Å²) in [6, 6.07) is 0. The Balaban J connectivity index is 1.84. The van der Waals surface area contributed by atoms with E-state index in [1.54, 1.807) is 0 Å². The molecule has 4 saturated carbocycles. The molecule has 0 spiro atoms. The Morgan fingerprint density at radius 3 is 2.11 bits per heavy atom. The van der Waals surface area contributed by atoms with Crippen molar-refractivity contribution < 1.29 is 29.0 Å². The number of carboxylic acids is 1. The fourth-order valence-electron chi connectivity index (χ4n) is 6.03. The van der Waals surface area contributed by atoms with E-state index in [1.165, 1.54) is 0 Å². The molecule has 0 saturated heterocycles. The molecule has 28 heavy (non-hydrogen) atoms. The molecule has 4 aliphatic carbocycles. The van der Waals surface area contributed by atoms with E-state index in [2.05, 4.69) is 0 Å². The highest BCUT2D eigenvalue weighted by Gasteiger charge is 2.65. The highest BCUT2D eigenvalue weighted by atomic mass is 16.6. The second-order valence-corrected chi connectivity index (χ2v) is 10.6. The normalized spacial score (nSPS) is 34.2. The molecule has 0 aromatic carbocycles. The lowest BCUT2D eigenvalue weighted by Gasteiger charge is -2.65. The van der Waals surface area contributed by atoms with Crippen molar-refractivity contribution in [1.82, 2.24) is 0 Å². The van der Waals surface area contributed by atoms with Gasteiger partial charge in [0, 0.05) is 5.41 Å². The van der Waals surface area contributed by atoms with Crippen molar-refractivity contribution in [1.29, 1.82) is 0 Å². The molecule has 0 radical (unpaired) electrons. The molecular weight excluding hydrogens is 360 g/mol. The van der Waals surface area contributed by atoms with Crippen molar-refractivity contribution in [3.63, 3.8) is 0 Å². The first kappa shape index (κ1) is 21.1. The second-order valence-electron chi connectivity index (χ2n) is 10.6. The fourth-order valence-corrected chi connectivity index (χ4v) is 6.03. The largest absolute Gasteiger partial charge is 0.481 e. The van der Waals surface area contributed by atoms with Crippen LogP contribution in [-0.4, -0.2) is 34.2 Å². The van der Waals surface area contributed by atoms with Crippen LogP contribution >= 0.6 is 0 Å². The highest BCUT2D eigenvalue weighted by molar-refractivity contribution is 5.90. The van der Waals surface area contributed by atoms with Gasteiger partial charge in [0.1, 0.15) is 17.6 Å². The predicted octanol–water partition coefficient (Wildman–Crippen LogP) is 4.10. The zero-order valence-corrected chi connectivity index (χ0v) is 17.8. The first-order chi connectivity index (χ1) is 12.8. The van der Waals surface area contributed by atoms with E-state index in [-0.39, 0.29) is 11.4 Å². The predicted molar refractivity (Wildman–Crippen MR) is 102 cm³/mol. The van der Waals surface area contributed by atoms with Crippen LogP contribution in [0.15, 0.2) is 0 Å². The smallest absolute Gasteiger partial charge is 0.317 e. The van der Waals surface area contributed by atoms with Crippen LogP contribution in [0.5, 0.6) is 0 Å². The summed E-state index contributed by atoms with van der Waals surface area (Å²) in [5, 5.41) is 8.90. The molecule has 1 N–H and O–H groups in total. The lowest BCUT2D eigenvalue weighted by molar-refractivity contribution is -0.245. The van der Waals surface area contributed by atoms with E-state index in [0.29, 0.717) is 18.3 Å². The quantitative estimate of drug-likeness (QED) is 0.516. The minimum Gasteiger partial charge on any atom is -0.481 e. The number of carbonyl (C=O) groups is 3. The molecule has 6 heteroatoms. The molecule has 0 aromatic rings. The Morgan fingerprint density at radius 1 is 1.04 bits per heavy atom. The van der Waals surface area contributed by atoms with E-state index in [4.69, 9.17) is 14.6 Å². The van der Waals surface area contributed by atoms with Gasteiger partial charge in [-0.1, -0.05) is 6.92 Å². The molecule has 6 nitrogen and oxygen atoms in total. The van der Waals surface area contributed by atoms with E-state index >= 15 is 0 Å². The van der Waals surface area contributed by atoms with Crippen LogP contribution in [0.4, 0.5) is 0 Å². The van der Waals surface area contributed by atoms with Crippen LogP contribution in [0.3, 0.4) is 0 Å². The van der Waals surface area contributed by atoms with Gasteiger partial charge in [-0.2, -0.15) is 0 Å². The Labute approximate surface area is 167 Å². The van der Waals surface area contributed by atoms with Gasteiger partial charge in [-0.15, -0.1) is 0 Å². The van der Waals surface area contributed by atoms with Gasteiger partial charge in [-0.25, -0.2) is 0 Å². The van der Waals surface area contributed by atoms with Crippen LogP contribution in [0, 0.1) is 22.7 Å². The number of aliphatic carboxylic acids is 1. The molecule has 4 fully saturated rings. The van der Waals surface area contributed by atoms with Gasteiger partial charge in [0.25, 0.3) is 0 Å². The molecule has 4 bridgehead atoms. The minimum atomic E-state index is -1.18. The lowest BCUT2D eigenvalue weighted by Crippen LogP contribution is -2.64. The number of carbonyl (C=O) groups excluding carboxylic acids is 2. The summed E-state index contributed by atoms with van der Waals surface area (Å²) in [6.07, 6.45) is 5.56. The van der Waals surface area contributed by atoms with Crippen LogP contribution in [0.2, 0.25) is 0 Å². The Morgan fingerprint density at radius 2 is 1.61 bits per heavy atom. The first-order valence-corrected chi connectivity index (χ1v) is 10.5. The Hall–Kier alpha value is -1.59. The van der Waals surface area contributed by atoms with Gasteiger partial charge in [-0.3, -0.25) is 14.4 Å². The SMILES string of the molecule is CCC(C)(C)C(=O)OC12CC3CC(C1)CC(C(C)(C)OC(=O)CC(=O)O)(C3)C2. The summed E-state index contributed by atoms with van der Waals surface area (Å²) in [5.74, 6) is -1.12. The van der Waals surface area contributed by atoms with Crippen molar-refractivity contribution in [2.75, 3.05) is 0 Å². The zero-order valence-electron chi connectivity index (χ0n) is 17.8. The molecule has 0 aromatic heterocycles. The van der Waals surface area contributed by atoms with Gasteiger partial charge in [0.05, 0.1) is 5.41 Å². The molecule has 0 aliphatic heterocycles. The third kappa shape index (κ3) is 3.67. The third-order valence-electron chi connectivity index (χ3n) is 7.69. The number of carboxylic acid groups (broad SMARTS) is 1. The summed E-state index contributed by atoms with van der Waals surface area (Å²) in [5.41, 5.74) is -2.07. The molecule has 4 aliphatic rings. The summed E-state index contributed by atoms with van der Waals surface area (Å²) >= 11 is 0. The van der Waals surface area contributed by atoms with Crippen molar-refractivity contribution in [3.8, 4) is 0 Å². The van der Waals surface area contributed by atoms with Crippen LogP contribution < -0.4 is 0 Å². The third-order valence-corrected chi connectivity index (χ3v) is 7.69. The molecule has 0 heterocycles. The lowest BCUT2D eigenvalue weighted by atomic mass is 9.44. The Kier molecular flexibility index (Phi) is 5.08. The monoisotopic (exact) mass is 394 g/mol. The van der Waals surface area contributed by atoms with Crippen LogP contribution in [0.25, 0.3) is 0 Å². The van der Waals surface area contributed by atoms with Crippen molar-refractivity contribution >= 4 is 17.9 Å². The van der Waals surface area contributed by atoms with Crippen molar-refractivity contribution in [2.45, 2.75) is 97.2 Å². The number of esters is 2. The number of ether oxygens (including phenoxy) is 2. The molecule has 4 rings (SSSR count). The number of hydrogen-bond acceptors (Lipinski definition) is 5. The second kappa shape index (κ2) is 6.74. The van der Waals surface area contributed by atoms with Crippen LogP contribution in [-0.2, 0) is 23.9 Å². The fraction of sp³-hybridized carbons (Fsp3) is 0.864. The maximum Gasteiger partial charge on any atom is 0.317 e. The van der Waals surface area contributed by atoms with E-state index in [1.807, 2.05) is 34.6 Å². The maximum absolute atomic E-state index is 12.9. The van der Waals surface area contributed by atoms with E-state index < -0.39 is 35.0 Å². The average Bonchev–Trinajstić information content (AvgIpc) is 2.51. The molecule has 0 amide bonds. The summed E-state index contributed by atoms with van der Waals surface area (Å²) in [6.45, 7) is 9.62. The average molecular weight is 395 g/mol. The van der Waals surface area contributed by atoms with E-state index in [9.17, 15) is 14.4 Å². The topological polar surface area (TPSA) is 89.9 Å². The van der Waals surface area contributed by atoms with E-state index in [0.717, 1.165) is 38.5 Å². The van der Waals surface area contributed by atoms with Gasteiger partial charge in [0.15, 0.2) is 0 Å². The number of hydrogen-bond donors (Lipinski definition) is 1. The summed E-state index contributed by atoms with van der Waals surface area (Å²) in [4.78, 5) is 35.8. The number of rotatable bonds is 7. The Bertz CT molecular complexity index is 663. The molecule has 158 valence electrons. The summed E-state index contributed by atoms with van der Waals surface area (Å²) in [7, 11) is 0. The maximum atomic E-state index is 12.9. The van der Waals surface area contributed by atoms with Gasteiger partial charge in [-0.05, 0) is 84.5 Å². The first-order valence-electron chi connectivity index (χ1n) is 10.5. The zero-order chi connectivity index (χ0) is 21.0. The molecule has 2 unspecified atom stereocenters. The van der Waals surface area contributed by atoms with Crippen LogP contribution in [0.1, 0.15) is 86.0 Å². The minimum absolute atomic E-state index is 0.146. The van der Waals surface area contributed by atoms with Crippen molar-refractivity contribution in [2.24, 2.45) is 22.7 Å². The van der Waals surface area contributed by atoms with Gasteiger partial charge < -0.3 is 14.6 Å².